The zero-order chi connectivity index (χ0) is 20.3. The highest BCUT2D eigenvalue weighted by atomic mass is 16.1. The number of ketones is 1. The zero-order valence-corrected chi connectivity index (χ0v) is 16.5. The summed E-state index contributed by atoms with van der Waals surface area (Å²) in [6, 6.07) is 40.4. The van der Waals surface area contributed by atoms with Gasteiger partial charge in [0, 0.05) is 16.7 Å². The maximum Gasteiger partial charge on any atom is 0.194 e. The maximum atomic E-state index is 13.8. The molecule has 0 N–H and O–H groups in total. The van der Waals surface area contributed by atoms with Crippen LogP contribution in [-0.2, 0) is 0 Å². The third kappa shape index (κ3) is 3.21. The van der Waals surface area contributed by atoms with E-state index in [0.29, 0.717) is 5.56 Å². The van der Waals surface area contributed by atoms with Crippen LogP contribution in [0, 0.1) is 0 Å². The Hall–Kier alpha value is -3.97. The molecule has 0 unspecified atom stereocenters. The van der Waals surface area contributed by atoms with Crippen LogP contribution >= 0.6 is 0 Å². The lowest BCUT2D eigenvalue weighted by molar-refractivity contribution is 0.104. The quantitative estimate of drug-likeness (QED) is 0.295. The fourth-order valence-electron chi connectivity index (χ4n) is 4.07. The van der Waals surface area contributed by atoms with Crippen molar-refractivity contribution in [1.82, 2.24) is 0 Å². The van der Waals surface area contributed by atoms with Gasteiger partial charge < -0.3 is 0 Å². The van der Waals surface area contributed by atoms with Gasteiger partial charge in [-0.15, -0.1) is 0 Å². The van der Waals surface area contributed by atoms with Crippen molar-refractivity contribution in [2.45, 2.75) is 0 Å². The van der Waals surface area contributed by atoms with Crippen LogP contribution in [-0.4, -0.2) is 5.78 Å². The fourth-order valence-corrected chi connectivity index (χ4v) is 4.07. The summed E-state index contributed by atoms with van der Waals surface area (Å²) in [5.41, 5.74) is 5.65. The van der Waals surface area contributed by atoms with Gasteiger partial charge in [-0.05, 0) is 33.5 Å². The first-order chi connectivity index (χ1) is 14.8. The lowest BCUT2D eigenvalue weighted by Crippen LogP contribution is -2.06. The van der Waals surface area contributed by atoms with Crippen LogP contribution in [0.4, 0.5) is 0 Å². The smallest absolute Gasteiger partial charge is 0.194 e. The van der Waals surface area contributed by atoms with E-state index >= 15 is 0 Å². The molecule has 0 radical (unpaired) electrons. The number of rotatable bonds is 4. The Kier molecular flexibility index (Phi) is 4.71. The maximum absolute atomic E-state index is 13.8. The van der Waals surface area contributed by atoms with Crippen molar-refractivity contribution >= 4 is 16.6 Å². The average molecular weight is 384 g/mol. The highest BCUT2D eigenvalue weighted by Gasteiger charge is 2.22. The summed E-state index contributed by atoms with van der Waals surface area (Å²) in [4.78, 5) is 13.8. The molecule has 5 aromatic carbocycles. The highest BCUT2D eigenvalue weighted by Crippen LogP contribution is 2.40. The lowest BCUT2D eigenvalue weighted by Gasteiger charge is -2.18. The molecule has 0 heterocycles. The minimum absolute atomic E-state index is 0.0448. The summed E-state index contributed by atoms with van der Waals surface area (Å²) in [6.07, 6.45) is 0. The van der Waals surface area contributed by atoms with Gasteiger partial charge in [-0.25, -0.2) is 0 Å². The number of carbonyl (C=O) groups is 1. The van der Waals surface area contributed by atoms with Crippen LogP contribution in [0.5, 0.6) is 0 Å². The van der Waals surface area contributed by atoms with E-state index in [-0.39, 0.29) is 5.78 Å². The van der Waals surface area contributed by atoms with Gasteiger partial charge in [0.15, 0.2) is 5.78 Å². The Morgan fingerprint density at radius 3 is 1.73 bits per heavy atom. The third-order valence-corrected chi connectivity index (χ3v) is 5.46. The molecule has 0 aliphatic heterocycles. The summed E-state index contributed by atoms with van der Waals surface area (Å²) in [7, 11) is 0. The molecule has 0 aromatic heterocycles. The molecule has 0 saturated heterocycles. The van der Waals surface area contributed by atoms with Crippen LogP contribution in [0.1, 0.15) is 15.9 Å². The molecule has 5 rings (SSSR count). The molecule has 0 aliphatic rings. The topological polar surface area (TPSA) is 17.1 Å². The van der Waals surface area contributed by atoms with Crippen molar-refractivity contribution in [3.63, 3.8) is 0 Å². The molecular weight excluding hydrogens is 364 g/mol. The Labute approximate surface area is 176 Å². The molecule has 0 bridgehead atoms. The molecule has 5 aromatic rings. The molecule has 0 aliphatic carbocycles. The van der Waals surface area contributed by atoms with Crippen LogP contribution < -0.4 is 0 Å². The second-order valence-corrected chi connectivity index (χ2v) is 7.32. The van der Waals surface area contributed by atoms with Crippen molar-refractivity contribution in [2.75, 3.05) is 0 Å². The van der Waals surface area contributed by atoms with Crippen molar-refractivity contribution in [2.24, 2.45) is 0 Å². The summed E-state index contributed by atoms with van der Waals surface area (Å²) >= 11 is 0. The second-order valence-electron chi connectivity index (χ2n) is 7.32. The van der Waals surface area contributed by atoms with E-state index < -0.39 is 0 Å². The third-order valence-electron chi connectivity index (χ3n) is 5.46. The van der Waals surface area contributed by atoms with Gasteiger partial charge in [-0.2, -0.15) is 0 Å². The second kappa shape index (κ2) is 7.81. The normalized spacial score (nSPS) is 10.8. The highest BCUT2D eigenvalue weighted by molar-refractivity contribution is 6.22. The monoisotopic (exact) mass is 384 g/mol. The molecule has 0 atom stereocenters. The van der Waals surface area contributed by atoms with Crippen LogP contribution in [0.2, 0.25) is 0 Å². The largest absolute Gasteiger partial charge is 0.289 e. The van der Waals surface area contributed by atoms with E-state index in [1.807, 2.05) is 84.9 Å². The summed E-state index contributed by atoms with van der Waals surface area (Å²) in [6.45, 7) is 0. The Morgan fingerprint density at radius 2 is 1.07 bits per heavy atom. The van der Waals surface area contributed by atoms with E-state index in [0.717, 1.165) is 38.6 Å². The minimum atomic E-state index is 0.0448. The van der Waals surface area contributed by atoms with Gasteiger partial charge in [-0.1, -0.05) is 115 Å². The van der Waals surface area contributed by atoms with Crippen molar-refractivity contribution in [3.05, 3.63) is 132 Å². The Bertz CT molecular complexity index is 1320. The Balaban J connectivity index is 1.92. The average Bonchev–Trinajstić information content (AvgIpc) is 2.84. The Morgan fingerprint density at radius 1 is 0.533 bits per heavy atom. The summed E-state index contributed by atoms with van der Waals surface area (Å²) < 4.78 is 0. The van der Waals surface area contributed by atoms with Gasteiger partial charge in [-0.3, -0.25) is 4.79 Å². The standard InChI is InChI=1S/C29H20O/c30-29(23-16-8-3-9-17-23)28-25-19-11-10-18-24(25)20-26(21-12-4-1-5-13-21)27(28)22-14-6-2-7-15-22/h1-20H. The van der Waals surface area contributed by atoms with Gasteiger partial charge in [0.05, 0.1) is 0 Å². The molecular formula is C29H20O. The van der Waals surface area contributed by atoms with E-state index in [4.69, 9.17) is 0 Å². The minimum Gasteiger partial charge on any atom is -0.289 e. The lowest BCUT2D eigenvalue weighted by atomic mass is 9.84. The molecule has 0 fully saturated rings. The van der Waals surface area contributed by atoms with E-state index in [2.05, 4.69) is 36.4 Å². The number of carbonyl (C=O) groups excluding carboxylic acids is 1. The first-order valence-electron chi connectivity index (χ1n) is 10.1. The van der Waals surface area contributed by atoms with Gasteiger partial charge in [0.1, 0.15) is 0 Å². The predicted molar refractivity (Wildman–Crippen MR) is 125 cm³/mol. The van der Waals surface area contributed by atoms with E-state index in [1.54, 1.807) is 0 Å². The first kappa shape index (κ1) is 18.1. The molecule has 0 saturated carbocycles. The fraction of sp³-hybridized carbons (Fsp3) is 0. The number of hydrogen-bond donors (Lipinski definition) is 0. The molecule has 0 amide bonds. The molecule has 1 nitrogen and oxygen atoms in total. The number of hydrogen-bond acceptors (Lipinski definition) is 1. The summed E-state index contributed by atoms with van der Waals surface area (Å²) in [5.74, 6) is 0.0448. The predicted octanol–water partition coefficient (Wildman–Crippen LogP) is 7.40. The van der Waals surface area contributed by atoms with Crippen molar-refractivity contribution in [3.8, 4) is 22.3 Å². The zero-order valence-electron chi connectivity index (χ0n) is 16.5. The summed E-state index contributed by atoms with van der Waals surface area (Å²) in [5, 5.41) is 2.04. The van der Waals surface area contributed by atoms with Gasteiger partial charge in [0.2, 0.25) is 0 Å². The van der Waals surface area contributed by atoms with Crippen LogP contribution in [0.25, 0.3) is 33.0 Å². The van der Waals surface area contributed by atoms with Crippen molar-refractivity contribution < 1.29 is 4.79 Å². The van der Waals surface area contributed by atoms with Crippen molar-refractivity contribution in [1.29, 1.82) is 0 Å². The van der Waals surface area contributed by atoms with Crippen LogP contribution in [0.3, 0.4) is 0 Å². The molecule has 30 heavy (non-hydrogen) atoms. The van der Waals surface area contributed by atoms with E-state index in [9.17, 15) is 4.79 Å². The van der Waals surface area contributed by atoms with E-state index in [1.165, 1.54) is 0 Å². The van der Waals surface area contributed by atoms with Gasteiger partial charge in [0.25, 0.3) is 0 Å². The molecule has 0 spiro atoms. The van der Waals surface area contributed by atoms with Gasteiger partial charge >= 0.3 is 0 Å². The number of fused-ring (bicyclic) bond motifs is 1. The SMILES string of the molecule is O=C(c1ccccc1)c1c(-c2ccccc2)c(-c2ccccc2)cc2ccccc12. The number of benzene rings is 5. The molecule has 142 valence electrons. The first-order valence-corrected chi connectivity index (χ1v) is 10.1. The molecule has 1 heteroatoms. The van der Waals surface area contributed by atoms with Crippen LogP contribution in [0.15, 0.2) is 121 Å².